The molecule has 0 aromatic heterocycles. The zero-order valence-corrected chi connectivity index (χ0v) is 16.4. The molecule has 27 heavy (non-hydrogen) atoms. The van der Waals surface area contributed by atoms with Crippen LogP contribution in [0.25, 0.3) is 0 Å². The highest BCUT2D eigenvalue weighted by atomic mass is 32.2. The van der Waals surface area contributed by atoms with E-state index in [1.807, 2.05) is 39.0 Å². The quantitative estimate of drug-likeness (QED) is 0.871. The first kappa shape index (κ1) is 19.5. The third-order valence-electron chi connectivity index (χ3n) is 4.57. The fraction of sp³-hybridized carbons (Fsp3) is 0.350. The SMILES string of the molecule is CC(C)(C)C(=O)Nc1ccc2c(c1)CN(S(=O)(=O)c1ccc(F)cc1)CC2. The van der Waals surface area contributed by atoms with Gasteiger partial charge in [0.05, 0.1) is 4.90 Å². The number of halogens is 1. The minimum atomic E-state index is -3.70. The number of carbonyl (C=O) groups excluding carboxylic acids is 1. The number of nitrogens with zero attached hydrogens (tertiary/aromatic N) is 1. The lowest BCUT2D eigenvalue weighted by Crippen LogP contribution is -2.36. The van der Waals surface area contributed by atoms with E-state index >= 15 is 0 Å². The Hall–Kier alpha value is -2.25. The smallest absolute Gasteiger partial charge is 0.243 e. The van der Waals surface area contributed by atoms with E-state index in [-0.39, 0.29) is 17.3 Å². The van der Waals surface area contributed by atoms with Gasteiger partial charge in [0.25, 0.3) is 0 Å². The first-order valence-corrected chi connectivity index (χ1v) is 10.2. The van der Waals surface area contributed by atoms with Gasteiger partial charge in [-0.15, -0.1) is 0 Å². The molecule has 0 radical (unpaired) electrons. The Morgan fingerprint density at radius 3 is 2.37 bits per heavy atom. The first-order chi connectivity index (χ1) is 12.6. The summed E-state index contributed by atoms with van der Waals surface area (Å²) in [6.07, 6.45) is 0.587. The van der Waals surface area contributed by atoms with Crippen LogP contribution in [0.4, 0.5) is 10.1 Å². The zero-order valence-electron chi connectivity index (χ0n) is 15.6. The first-order valence-electron chi connectivity index (χ1n) is 8.76. The van der Waals surface area contributed by atoms with Crippen LogP contribution in [0.2, 0.25) is 0 Å². The number of hydrogen-bond donors (Lipinski definition) is 1. The summed E-state index contributed by atoms with van der Waals surface area (Å²) in [5, 5.41) is 2.87. The van der Waals surface area contributed by atoms with Crippen molar-refractivity contribution in [2.45, 2.75) is 38.6 Å². The Kier molecular flexibility index (Phi) is 5.10. The number of fused-ring (bicyclic) bond motifs is 1. The fourth-order valence-electron chi connectivity index (χ4n) is 2.89. The lowest BCUT2D eigenvalue weighted by molar-refractivity contribution is -0.123. The van der Waals surface area contributed by atoms with E-state index in [0.29, 0.717) is 18.7 Å². The molecule has 1 aliphatic rings. The van der Waals surface area contributed by atoms with Gasteiger partial charge in [0.1, 0.15) is 5.82 Å². The molecular weight excluding hydrogens is 367 g/mol. The van der Waals surface area contributed by atoms with Gasteiger partial charge in [-0.05, 0) is 53.9 Å². The topological polar surface area (TPSA) is 66.5 Å². The Morgan fingerprint density at radius 1 is 1.07 bits per heavy atom. The number of anilines is 1. The molecule has 0 saturated heterocycles. The van der Waals surface area contributed by atoms with Crippen LogP contribution in [0.5, 0.6) is 0 Å². The van der Waals surface area contributed by atoms with Crippen LogP contribution >= 0.6 is 0 Å². The zero-order chi connectivity index (χ0) is 19.8. The lowest BCUT2D eigenvalue weighted by atomic mass is 9.95. The second-order valence-corrected chi connectivity index (χ2v) is 9.67. The lowest BCUT2D eigenvalue weighted by Gasteiger charge is -2.28. The minimum absolute atomic E-state index is 0.0736. The molecule has 1 amide bonds. The van der Waals surface area contributed by atoms with Gasteiger partial charge in [-0.2, -0.15) is 4.31 Å². The van der Waals surface area contributed by atoms with Gasteiger partial charge in [-0.1, -0.05) is 26.8 Å². The highest BCUT2D eigenvalue weighted by Crippen LogP contribution is 2.28. The van der Waals surface area contributed by atoms with Crippen molar-refractivity contribution in [3.8, 4) is 0 Å². The molecule has 3 rings (SSSR count). The summed E-state index contributed by atoms with van der Waals surface area (Å²) in [6.45, 7) is 6.07. The van der Waals surface area contributed by atoms with Crippen molar-refractivity contribution >= 4 is 21.6 Å². The summed E-state index contributed by atoms with van der Waals surface area (Å²) in [7, 11) is -3.70. The van der Waals surface area contributed by atoms with Gasteiger partial charge in [-0.25, -0.2) is 12.8 Å². The number of hydrogen-bond acceptors (Lipinski definition) is 3. The minimum Gasteiger partial charge on any atom is -0.326 e. The maximum atomic E-state index is 13.1. The molecule has 1 aliphatic heterocycles. The van der Waals surface area contributed by atoms with E-state index in [0.717, 1.165) is 23.3 Å². The Morgan fingerprint density at radius 2 is 1.74 bits per heavy atom. The molecule has 2 aromatic carbocycles. The summed E-state index contributed by atoms with van der Waals surface area (Å²) in [4.78, 5) is 12.3. The van der Waals surface area contributed by atoms with Crippen molar-refractivity contribution in [2.24, 2.45) is 5.41 Å². The fourth-order valence-corrected chi connectivity index (χ4v) is 4.31. The summed E-state index contributed by atoms with van der Waals surface area (Å²) < 4.78 is 40.2. The molecule has 0 aliphatic carbocycles. The van der Waals surface area contributed by atoms with Crippen LogP contribution in [0.1, 0.15) is 31.9 Å². The van der Waals surface area contributed by atoms with Crippen molar-refractivity contribution in [3.05, 3.63) is 59.4 Å². The normalized spacial score (nSPS) is 15.3. The molecule has 2 aromatic rings. The van der Waals surface area contributed by atoms with Crippen LogP contribution in [-0.2, 0) is 27.8 Å². The Balaban J connectivity index is 1.83. The van der Waals surface area contributed by atoms with E-state index in [2.05, 4.69) is 5.32 Å². The van der Waals surface area contributed by atoms with Crippen molar-refractivity contribution in [3.63, 3.8) is 0 Å². The second-order valence-electron chi connectivity index (χ2n) is 7.73. The van der Waals surface area contributed by atoms with Crippen LogP contribution in [0.15, 0.2) is 47.4 Å². The molecule has 1 N–H and O–H groups in total. The molecule has 144 valence electrons. The molecule has 1 heterocycles. The van der Waals surface area contributed by atoms with Gasteiger partial charge in [0.2, 0.25) is 15.9 Å². The van der Waals surface area contributed by atoms with Gasteiger partial charge < -0.3 is 5.32 Å². The standard InChI is InChI=1S/C20H23FN2O3S/c1-20(2,3)19(24)22-17-7-4-14-10-11-23(13-15(14)12-17)27(25,26)18-8-5-16(21)6-9-18/h4-9,12H,10-11,13H2,1-3H3,(H,22,24). The Bertz CT molecular complexity index is 964. The number of carbonyl (C=O) groups is 1. The summed E-state index contributed by atoms with van der Waals surface area (Å²) >= 11 is 0. The van der Waals surface area contributed by atoms with Gasteiger partial charge in [-0.3, -0.25) is 4.79 Å². The van der Waals surface area contributed by atoms with Crippen molar-refractivity contribution < 1.29 is 17.6 Å². The van der Waals surface area contributed by atoms with E-state index in [4.69, 9.17) is 0 Å². The van der Waals surface area contributed by atoms with Crippen LogP contribution in [0.3, 0.4) is 0 Å². The van der Waals surface area contributed by atoms with E-state index < -0.39 is 21.3 Å². The largest absolute Gasteiger partial charge is 0.326 e. The van der Waals surface area contributed by atoms with E-state index in [1.165, 1.54) is 16.4 Å². The number of rotatable bonds is 3. The third-order valence-corrected chi connectivity index (χ3v) is 6.43. The molecule has 7 heteroatoms. The highest BCUT2D eigenvalue weighted by molar-refractivity contribution is 7.89. The summed E-state index contributed by atoms with van der Waals surface area (Å²) in [5.74, 6) is -0.578. The summed E-state index contributed by atoms with van der Waals surface area (Å²) in [5.41, 5.74) is 2.05. The van der Waals surface area contributed by atoms with Gasteiger partial charge in [0.15, 0.2) is 0 Å². The molecule has 0 bridgehead atoms. The average molecular weight is 390 g/mol. The van der Waals surface area contributed by atoms with Crippen LogP contribution < -0.4 is 5.32 Å². The number of amides is 1. The molecular formula is C20H23FN2O3S. The van der Waals surface area contributed by atoms with Crippen molar-refractivity contribution in [1.82, 2.24) is 4.31 Å². The molecule has 0 fully saturated rings. The maximum absolute atomic E-state index is 13.1. The highest BCUT2D eigenvalue weighted by Gasteiger charge is 2.29. The van der Waals surface area contributed by atoms with E-state index in [1.54, 1.807) is 0 Å². The van der Waals surface area contributed by atoms with Crippen LogP contribution in [-0.4, -0.2) is 25.2 Å². The van der Waals surface area contributed by atoms with Crippen molar-refractivity contribution in [1.29, 1.82) is 0 Å². The van der Waals surface area contributed by atoms with Crippen molar-refractivity contribution in [2.75, 3.05) is 11.9 Å². The molecule has 0 spiro atoms. The third kappa shape index (κ3) is 4.20. The Labute approximate surface area is 159 Å². The predicted molar refractivity (Wildman–Crippen MR) is 102 cm³/mol. The summed E-state index contributed by atoms with van der Waals surface area (Å²) in [6, 6.07) is 10.4. The monoisotopic (exact) mass is 390 g/mol. The molecule has 0 saturated carbocycles. The van der Waals surface area contributed by atoms with Crippen LogP contribution in [0, 0.1) is 11.2 Å². The number of sulfonamides is 1. The predicted octanol–water partition coefficient (Wildman–Crippen LogP) is 3.56. The van der Waals surface area contributed by atoms with Gasteiger partial charge in [0, 0.05) is 24.2 Å². The maximum Gasteiger partial charge on any atom is 0.243 e. The second kappa shape index (κ2) is 7.05. The van der Waals surface area contributed by atoms with E-state index in [9.17, 15) is 17.6 Å². The molecule has 0 atom stereocenters. The van der Waals surface area contributed by atoms with Gasteiger partial charge >= 0.3 is 0 Å². The molecule has 0 unspecified atom stereocenters. The average Bonchev–Trinajstić information content (AvgIpc) is 2.60. The molecule has 5 nitrogen and oxygen atoms in total. The number of benzene rings is 2. The number of nitrogens with one attached hydrogen (secondary N) is 1.